The molecule has 0 saturated heterocycles. The summed E-state index contributed by atoms with van der Waals surface area (Å²) in [6.45, 7) is 0. The van der Waals surface area contributed by atoms with Gasteiger partial charge in [0.2, 0.25) is 5.95 Å². The zero-order valence-electron chi connectivity index (χ0n) is 7.54. The summed E-state index contributed by atoms with van der Waals surface area (Å²) in [5.41, 5.74) is 5.79. The smallest absolute Gasteiger partial charge is 0.201 e. The molecule has 0 unspecified atom stereocenters. The number of hydrogen-bond acceptors (Lipinski definition) is 2. The quantitative estimate of drug-likeness (QED) is 0.825. The first-order valence-corrected chi connectivity index (χ1v) is 5.56. The first kappa shape index (κ1) is 9.06. The summed E-state index contributed by atoms with van der Waals surface area (Å²) in [5, 5.41) is 0. The van der Waals surface area contributed by atoms with Gasteiger partial charge in [0, 0.05) is 12.2 Å². The summed E-state index contributed by atoms with van der Waals surface area (Å²) in [6, 6.07) is 0.576. The van der Waals surface area contributed by atoms with Gasteiger partial charge < -0.3 is 10.3 Å². The Morgan fingerprint density at radius 1 is 1.38 bits per heavy atom. The van der Waals surface area contributed by atoms with Gasteiger partial charge in [-0.15, -0.1) is 0 Å². The Bertz CT molecular complexity index is 289. The zero-order valence-corrected chi connectivity index (χ0v) is 9.13. The molecule has 72 valence electrons. The van der Waals surface area contributed by atoms with Crippen LogP contribution >= 0.6 is 15.9 Å². The summed E-state index contributed by atoms with van der Waals surface area (Å²) in [4.78, 5) is 4.14. The van der Waals surface area contributed by atoms with E-state index in [0.717, 1.165) is 4.60 Å². The first-order chi connectivity index (χ1) is 6.27. The summed E-state index contributed by atoms with van der Waals surface area (Å²) in [7, 11) is 0. The molecule has 4 heteroatoms. The van der Waals surface area contributed by atoms with E-state index in [-0.39, 0.29) is 0 Å². The average molecular weight is 244 g/mol. The zero-order chi connectivity index (χ0) is 9.26. The van der Waals surface area contributed by atoms with Crippen LogP contribution < -0.4 is 5.73 Å². The number of hydrogen-bond donors (Lipinski definition) is 1. The Kier molecular flexibility index (Phi) is 2.58. The molecule has 1 fully saturated rings. The molecule has 0 atom stereocenters. The Labute approximate surface area is 86.5 Å². The summed E-state index contributed by atoms with van der Waals surface area (Å²) >= 11 is 3.34. The predicted octanol–water partition coefficient (Wildman–Crippen LogP) is 2.73. The van der Waals surface area contributed by atoms with Crippen LogP contribution in [0.3, 0.4) is 0 Å². The number of aromatic nitrogens is 2. The van der Waals surface area contributed by atoms with E-state index >= 15 is 0 Å². The SMILES string of the molecule is Nc1nc(Br)cn1C1CCCCC1. The van der Waals surface area contributed by atoms with Gasteiger partial charge in [-0.3, -0.25) is 0 Å². The lowest BCUT2D eigenvalue weighted by Gasteiger charge is -2.23. The maximum absolute atomic E-state index is 5.79. The number of imidazole rings is 1. The van der Waals surface area contributed by atoms with Gasteiger partial charge in [0.15, 0.2) is 0 Å². The van der Waals surface area contributed by atoms with Crippen LogP contribution in [0.15, 0.2) is 10.8 Å². The van der Waals surface area contributed by atoms with Crippen molar-refractivity contribution in [1.82, 2.24) is 9.55 Å². The number of nitrogens with zero attached hydrogens (tertiary/aromatic N) is 2. The number of nitrogen functional groups attached to an aromatic ring is 1. The molecular formula is C9H14BrN3. The fourth-order valence-corrected chi connectivity index (χ4v) is 2.43. The summed E-state index contributed by atoms with van der Waals surface area (Å²) in [5.74, 6) is 0.638. The third-order valence-corrected chi connectivity index (χ3v) is 3.08. The minimum absolute atomic E-state index is 0.576. The molecule has 3 nitrogen and oxygen atoms in total. The van der Waals surface area contributed by atoms with Crippen LogP contribution in [0.4, 0.5) is 5.95 Å². The van der Waals surface area contributed by atoms with Crippen LogP contribution in [0.5, 0.6) is 0 Å². The van der Waals surface area contributed by atoms with Gasteiger partial charge in [0.05, 0.1) is 0 Å². The average Bonchev–Trinajstić information content (AvgIpc) is 2.47. The van der Waals surface area contributed by atoms with Gasteiger partial charge in [0.1, 0.15) is 4.60 Å². The van der Waals surface area contributed by atoms with Gasteiger partial charge in [-0.25, -0.2) is 4.98 Å². The van der Waals surface area contributed by atoms with Crippen LogP contribution in [0, 0.1) is 0 Å². The first-order valence-electron chi connectivity index (χ1n) is 4.77. The Hall–Kier alpha value is -0.510. The van der Waals surface area contributed by atoms with Crippen LogP contribution in [-0.4, -0.2) is 9.55 Å². The highest BCUT2D eigenvalue weighted by Gasteiger charge is 2.17. The van der Waals surface area contributed by atoms with Crippen molar-refractivity contribution in [3.8, 4) is 0 Å². The van der Waals surface area contributed by atoms with Crippen molar-refractivity contribution in [2.24, 2.45) is 0 Å². The molecule has 0 amide bonds. The van der Waals surface area contributed by atoms with E-state index in [2.05, 4.69) is 25.5 Å². The number of anilines is 1. The number of rotatable bonds is 1. The van der Waals surface area contributed by atoms with Gasteiger partial charge >= 0.3 is 0 Å². The summed E-state index contributed by atoms with van der Waals surface area (Å²) < 4.78 is 2.94. The molecule has 1 aromatic rings. The van der Waals surface area contributed by atoms with E-state index in [9.17, 15) is 0 Å². The lowest BCUT2D eigenvalue weighted by Crippen LogP contribution is -2.14. The lowest BCUT2D eigenvalue weighted by atomic mass is 9.95. The molecule has 0 aromatic carbocycles. The van der Waals surface area contributed by atoms with Gasteiger partial charge in [0.25, 0.3) is 0 Å². The van der Waals surface area contributed by atoms with E-state index in [1.807, 2.05) is 6.20 Å². The minimum Gasteiger partial charge on any atom is -0.369 e. The van der Waals surface area contributed by atoms with Crippen LogP contribution in [0.1, 0.15) is 38.1 Å². The van der Waals surface area contributed by atoms with E-state index in [0.29, 0.717) is 12.0 Å². The van der Waals surface area contributed by atoms with E-state index in [4.69, 9.17) is 5.73 Å². The van der Waals surface area contributed by atoms with Crippen molar-refractivity contribution in [3.63, 3.8) is 0 Å². The van der Waals surface area contributed by atoms with Crippen LogP contribution in [0.25, 0.3) is 0 Å². The van der Waals surface area contributed by atoms with Crippen LogP contribution in [0.2, 0.25) is 0 Å². The van der Waals surface area contributed by atoms with Crippen LogP contribution in [-0.2, 0) is 0 Å². The molecule has 0 bridgehead atoms. The number of nitrogens with two attached hydrogens (primary N) is 1. The van der Waals surface area contributed by atoms with Crippen molar-refractivity contribution in [3.05, 3.63) is 10.8 Å². The third kappa shape index (κ3) is 1.88. The Morgan fingerprint density at radius 2 is 2.08 bits per heavy atom. The monoisotopic (exact) mass is 243 g/mol. The minimum atomic E-state index is 0.576. The van der Waals surface area contributed by atoms with Gasteiger partial charge in [-0.05, 0) is 28.8 Å². The van der Waals surface area contributed by atoms with E-state index < -0.39 is 0 Å². The highest BCUT2D eigenvalue weighted by Crippen LogP contribution is 2.30. The van der Waals surface area contributed by atoms with Gasteiger partial charge in [-0.2, -0.15) is 0 Å². The molecule has 0 radical (unpaired) electrons. The second kappa shape index (κ2) is 3.70. The molecule has 1 saturated carbocycles. The normalized spacial score (nSPS) is 19.2. The Balaban J connectivity index is 2.18. The second-order valence-electron chi connectivity index (χ2n) is 3.62. The highest BCUT2D eigenvalue weighted by atomic mass is 79.9. The van der Waals surface area contributed by atoms with Gasteiger partial charge in [-0.1, -0.05) is 19.3 Å². The molecule has 13 heavy (non-hydrogen) atoms. The third-order valence-electron chi connectivity index (χ3n) is 2.70. The predicted molar refractivity (Wildman–Crippen MR) is 56.5 cm³/mol. The molecular weight excluding hydrogens is 230 g/mol. The van der Waals surface area contributed by atoms with Crippen molar-refractivity contribution in [2.45, 2.75) is 38.1 Å². The maximum atomic E-state index is 5.79. The molecule has 1 aliphatic carbocycles. The fraction of sp³-hybridized carbons (Fsp3) is 0.667. The topological polar surface area (TPSA) is 43.8 Å². The molecule has 0 aliphatic heterocycles. The maximum Gasteiger partial charge on any atom is 0.201 e. The Morgan fingerprint density at radius 3 is 2.62 bits per heavy atom. The highest BCUT2D eigenvalue weighted by molar-refractivity contribution is 9.10. The van der Waals surface area contributed by atoms with Crippen molar-refractivity contribution >= 4 is 21.9 Å². The van der Waals surface area contributed by atoms with Crippen molar-refractivity contribution < 1.29 is 0 Å². The van der Waals surface area contributed by atoms with Crippen molar-refractivity contribution in [1.29, 1.82) is 0 Å². The molecule has 2 N–H and O–H groups in total. The van der Waals surface area contributed by atoms with E-state index in [1.165, 1.54) is 32.1 Å². The molecule has 2 rings (SSSR count). The molecule has 1 aromatic heterocycles. The standard InChI is InChI=1S/C9H14BrN3/c10-8-6-13(9(11)12-8)7-4-2-1-3-5-7/h6-7H,1-5H2,(H2,11,12). The second-order valence-corrected chi connectivity index (χ2v) is 4.43. The molecule has 1 aliphatic rings. The molecule has 0 spiro atoms. The fourth-order valence-electron chi connectivity index (χ4n) is 2.03. The summed E-state index contributed by atoms with van der Waals surface area (Å²) in [6.07, 6.45) is 8.48. The lowest BCUT2D eigenvalue weighted by molar-refractivity contribution is 0.356. The van der Waals surface area contributed by atoms with E-state index in [1.54, 1.807) is 0 Å². The van der Waals surface area contributed by atoms with Crippen molar-refractivity contribution in [2.75, 3.05) is 5.73 Å². The molecule has 1 heterocycles. The number of halogens is 1. The largest absolute Gasteiger partial charge is 0.369 e.